The van der Waals surface area contributed by atoms with E-state index in [4.69, 9.17) is 5.73 Å². The van der Waals surface area contributed by atoms with E-state index in [1.807, 2.05) is 11.3 Å². The lowest BCUT2D eigenvalue weighted by molar-refractivity contribution is 0.329. The van der Waals surface area contributed by atoms with Crippen LogP contribution in [0.4, 0.5) is 0 Å². The third-order valence-corrected chi connectivity index (χ3v) is 3.65. The molecule has 0 saturated carbocycles. The van der Waals surface area contributed by atoms with Crippen LogP contribution in [0.2, 0.25) is 0 Å². The topological polar surface area (TPSA) is 29.3 Å². The summed E-state index contributed by atoms with van der Waals surface area (Å²) in [6.45, 7) is 5.51. The number of nitrogens with zero attached hydrogens (tertiary/aromatic N) is 1. The molecule has 0 radical (unpaired) electrons. The van der Waals surface area contributed by atoms with Crippen LogP contribution in [0.25, 0.3) is 0 Å². The Morgan fingerprint density at radius 1 is 1.64 bits per heavy atom. The zero-order chi connectivity index (χ0) is 9.26. The fourth-order valence-electron chi connectivity index (χ4n) is 1.78. The summed E-state index contributed by atoms with van der Waals surface area (Å²) < 4.78 is 0. The molecule has 1 saturated heterocycles. The lowest BCUT2D eigenvalue weighted by Crippen LogP contribution is -2.26. The molecule has 0 spiro atoms. The van der Waals surface area contributed by atoms with Crippen LogP contribution in [-0.2, 0) is 6.54 Å². The van der Waals surface area contributed by atoms with E-state index in [2.05, 4.69) is 23.3 Å². The lowest BCUT2D eigenvalue weighted by atomic mass is 10.3. The Labute approximate surface area is 95.5 Å². The highest BCUT2D eigenvalue weighted by Gasteiger charge is 2.19. The van der Waals surface area contributed by atoms with Crippen molar-refractivity contribution in [2.45, 2.75) is 25.9 Å². The number of nitrogens with two attached hydrogens (primary N) is 1. The number of thiophene rings is 1. The number of halogens is 1. The molecule has 1 fully saturated rings. The van der Waals surface area contributed by atoms with Gasteiger partial charge in [-0.25, -0.2) is 0 Å². The highest BCUT2D eigenvalue weighted by Crippen LogP contribution is 2.19. The fourth-order valence-corrected chi connectivity index (χ4v) is 2.72. The molecule has 1 aliphatic heterocycles. The van der Waals surface area contributed by atoms with Crippen molar-refractivity contribution in [3.8, 4) is 0 Å². The molecule has 1 aromatic rings. The Hall–Kier alpha value is -0.0900. The maximum atomic E-state index is 5.85. The molecule has 0 aromatic carbocycles. The van der Waals surface area contributed by atoms with E-state index in [0.29, 0.717) is 6.04 Å². The maximum Gasteiger partial charge on any atom is 0.0331 e. The van der Waals surface area contributed by atoms with E-state index >= 15 is 0 Å². The number of likely N-dealkylation sites (tertiary alicyclic amines) is 1. The van der Waals surface area contributed by atoms with E-state index in [1.165, 1.54) is 17.0 Å². The number of hydrogen-bond donors (Lipinski definition) is 1. The van der Waals surface area contributed by atoms with Crippen molar-refractivity contribution in [2.75, 3.05) is 13.1 Å². The molecule has 1 aromatic heterocycles. The summed E-state index contributed by atoms with van der Waals surface area (Å²) in [7, 11) is 0. The van der Waals surface area contributed by atoms with Gasteiger partial charge in [-0.05, 0) is 30.4 Å². The normalized spacial score (nSPS) is 22.3. The molecule has 80 valence electrons. The first-order valence-electron chi connectivity index (χ1n) is 4.76. The molecule has 0 aliphatic carbocycles. The standard InChI is InChI=1S/C10H16N2S.ClH/c1-8-3-5-13-10(8)7-12-4-2-9(11)6-12;/h3,5,9H,2,4,6-7,11H2,1H3;1H/t9-;/m0./s1. The van der Waals surface area contributed by atoms with Gasteiger partial charge in [-0.2, -0.15) is 0 Å². The van der Waals surface area contributed by atoms with Crippen molar-refractivity contribution in [3.05, 3.63) is 21.9 Å². The van der Waals surface area contributed by atoms with E-state index in [0.717, 1.165) is 19.5 Å². The van der Waals surface area contributed by atoms with Crippen LogP contribution in [0.15, 0.2) is 11.4 Å². The molecule has 1 atom stereocenters. The zero-order valence-electron chi connectivity index (χ0n) is 8.40. The van der Waals surface area contributed by atoms with Crippen molar-refractivity contribution in [2.24, 2.45) is 5.73 Å². The van der Waals surface area contributed by atoms with Crippen LogP contribution in [0.3, 0.4) is 0 Å². The maximum absolute atomic E-state index is 5.85. The fraction of sp³-hybridized carbons (Fsp3) is 0.600. The summed E-state index contributed by atoms with van der Waals surface area (Å²) >= 11 is 1.86. The highest BCUT2D eigenvalue weighted by atomic mass is 35.5. The van der Waals surface area contributed by atoms with E-state index in [-0.39, 0.29) is 12.4 Å². The minimum Gasteiger partial charge on any atom is -0.326 e. The second-order valence-corrected chi connectivity index (χ2v) is 4.81. The molecule has 2 nitrogen and oxygen atoms in total. The van der Waals surface area contributed by atoms with Gasteiger partial charge in [-0.15, -0.1) is 23.7 Å². The Bertz CT molecular complexity index is 287. The second-order valence-electron chi connectivity index (χ2n) is 3.81. The predicted molar refractivity (Wildman–Crippen MR) is 64.2 cm³/mol. The van der Waals surface area contributed by atoms with Gasteiger partial charge in [0, 0.05) is 30.6 Å². The van der Waals surface area contributed by atoms with E-state index < -0.39 is 0 Å². The van der Waals surface area contributed by atoms with E-state index in [9.17, 15) is 0 Å². The van der Waals surface area contributed by atoms with Gasteiger partial charge in [0.2, 0.25) is 0 Å². The summed E-state index contributed by atoms with van der Waals surface area (Å²) in [6.07, 6.45) is 1.16. The Morgan fingerprint density at radius 2 is 2.43 bits per heavy atom. The molecule has 0 unspecified atom stereocenters. The van der Waals surface area contributed by atoms with Gasteiger partial charge < -0.3 is 5.73 Å². The SMILES string of the molecule is Cc1ccsc1CN1CC[C@H](N)C1.Cl. The van der Waals surface area contributed by atoms with Crippen molar-refractivity contribution in [1.82, 2.24) is 4.90 Å². The summed E-state index contributed by atoms with van der Waals surface area (Å²) in [5.41, 5.74) is 7.28. The summed E-state index contributed by atoms with van der Waals surface area (Å²) in [6, 6.07) is 2.59. The van der Waals surface area contributed by atoms with Crippen LogP contribution < -0.4 is 5.73 Å². The van der Waals surface area contributed by atoms with Gasteiger partial charge in [0.15, 0.2) is 0 Å². The van der Waals surface area contributed by atoms with Crippen LogP contribution in [0, 0.1) is 6.92 Å². The molecule has 2 N–H and O–H groups in total. The number of rotatable bonds is 2. The van der Waals surface area contributed by atoms with Crippen LogP contribution in [0.1, 0.15) is 16.9 Å². The summed E-state index contributed by atoms with van der Waals surface area (Å²) in [5.74, 6) is 0. The first-order chi connectivity index (χ1) is 6.25. The molecule has 0 bridgehead atoms. The monoisotopic (exact) mass is 232 g/mol. The molecular formula is C10H17ClN2S. The molecule has 4 heteroatoms. The summed E-state index contributed by atoms with van der Waals surface area (Å²) in [4.78, 5) is 3.94. The van der Waals surface area contributed by atoms with Crippen molar-refractivity contribution < 1.29 is 0 Å². The predicted octanol–water partition coefficient (Wildman–Crippen LogP) is 2.01. The highest BCUT2D eigenvalue weighted by molar-refractivity contribution is 7.10. The molecule has 14 heavy (non-hydrogen) atoms. The minimum atomic E-state index is 0. The lowest BCUT2D eigenvalue weighted by Gasteiger charge is -2.14. The Balaban J connectivity index is 0.000000980. The van der Waals surface area contributed by atoms with Crippen LogP contribution in [0.5, 0.6) is 0 Å². The van der Waals surface area contributed by atoms with Gasteiger partial charge in [0.1, 0.15) is 0 Å². The van der Waals surface area contributed by atoms with Crippen molar-refractivity contribution in [1.29, 1.82) is 0 Å². The third kappa shape index (κ3) is 2.70. The number of aryl methyl sites for hydroxylation is 1. The first-order valence-corrected chi connectivity index (χ1v) is 5.64. The minimum absolute atomic E-state index is 0. The van der Waals surface area contributed by atoms with Crippen molar-refractivity contribution in [3.63, 3.8) is 0 Å². The second kappa shape index (κ2) is 5.12. The smallest absolute Gasteiger partial charge is 0.0331 e. The van der Waals surface area contributed by atoms with Gasteiger partial charge in [0.25, 0.3) is 0 Å². The van der Waals surface area contributed by atoms with Gasteiger partial charge in [0.05, 0.1) is 0 Å². The first kappa shape index (κ1) is 12.0. The van der Waals surface area contributed by atoms with Crippen LogP contribution >= 0.6 is 23.7 Å². The molecule has 2 heterocycles. The third-order valence-electron chi connectivity index (χ3n) is 2.64. The average Bonchev–Trinajstić information content (AvgIpc) is 2.64. The largest absolute Gasteiger partial charge is 0.326 e. The molecule has 0 amide bonds. The van der Waals surface area contributed by atoms with Gasteiger partial charge in [-0.3, -0.25) is 4.90 Å². The summed E-state index contributed by atoms with van der Waals surface area (Å²) in [5, 5.41) is 2.17. The van der Waals surface area contributed by atoms with Crippen molar-refractivity contribution >= 4 is 23.7 Å². The molecule has 1 aliphatic rings. The van der Waals surface area contributed by atoms with E-state index in [1.54, 1.807) is 0 Å². The van der Waals surface area contributed by atoms with Crippen LogP contribution in [-0.4, -0.2) is 24.0 Å². The molecular weight excluding hydrogens is 216 g/mol. The van der Waals surface area contributed by atoms with Gasteiger partial charge >= 0.3 is 0 Å². The Morgan fingerprint density at radius 3 is 2.93 bits per heavy atom. The van der Waals surface area contributed by atoms with Gasteiger partial charge in [-0.1, -0.05) is 0 Å². The quantitative estimate of drug-likeness (QED) is 0.846. The Kier molecular flexibility index (Phi) is 4.38. The zero-order valence-corrected chi connectivity index (χ0v) is 10.0. The average molecular weight is 233 g/mol. The molecule has 2 rings (SSSR count). The number of hydrogen-bond acceptors (Lipinski definition) is 3.